The zero-order valence-electron chi connectivity index (χ0n) is 17.1. The van der Waals surface area contributed by atoms with Gasteiger partial charge in [-0.05, 0) is 38.8 Å². The van der Waals surface area contributed by atoms with Crippen LogP contribution in [-0.4, -0.2) is 16.8 Å². The van der Waals surface area contributed by atoms with Crippen LogP contribution in [0.3, 0.4) is 0 Å². The molecule has 0 aliphatic carbocycles. The Bertz CT molecular complexity index is 1260. The lowest BCUT2D eigenvalue weighted by atomic mass is 10.1. The van der Waals surface area contributed by atoms with Crippen molar-refractivity contribution in [3.63, 3.8) is 0 Å². The number of carbonyl (C=O) groups excluding carboxylic acids is 2. The van der Waals surface area contributed by atoms with Crippen LogP contribution in [-0.2, 0) is 0 Å². The van der Waals surface area contributed by atoms with E-state index in [0.717, 1.165) is 44.5 Å². The van der Waals surface area contributed by atoms with Crippen molar-refractivity contribution < 1.29 is 14.0 Å². The van der Waals surface area contributed by atoms with Crippen molar-refractivity contribution in [2.75, 3.05) is 10.6 Å². The normalized spacial score (nSPS) is 10.9. The zero-order chi connectivity index (χ0) is 21.4. The summed E-state index contributed by atoms with van der Waals surface area (Å²) in [5, 5.41) is 7.65. The van der Waals surface area contributed by atoms with E-state index in [-0.39, 0.29) is 11.7 Å². The molecule has 2 N–H and O–H groups in total. The Morgan fingerprint density at radius 2 is 1.67 bits per heavy atom. The molecule has 0 atom stereocenters. The minimum Gasteiger partial charge on any atom is -0.458 e. The molecule has 0 spiro atoms. The van der Waals surface area contributed by atoms with E-state index in [9.17, 15) is 9.59 Å². The maximum Gasteiger partial charge on any atom is 0.293 e. The van der Waals surface area contributed by atoms with Crippen LogP contribution in [0.2, 0.25) is 0 Å². The molecule has 2 amide bonds. The number of anilines is 2. The topological polar surface area (TPSA) is 84.2 Å². The number of aryl methyl sites for hydroxylation is 4. The van der Waals surface area contributed by atoms with Gasteiger partial charge in [-0.25, -0.2) is 4.98 Å². The fraction of sp³-hybridized carbons (Fsp3) is 0.174. The highest BCUT2D eigenvalue weighted by Gasteiger charge is 2.20. The number of hydrogen-bond acceptors (Lipinski definition) is 5. The van der Waals surface area contributed by atoms with Gasteiger partial charge in [-0.15, -0.1) is 0 Å². The van der Waals surface area contributed by atoms with Crippen molar-refractivity contribution in [3.8, 4) is 0 Å². The molecular formula is C23H21N3O3S. The van der Waals surface area contributed by atoms with Gasteiger partial charge in [0.2, 0.25) is 0 Å². The van der Waals surface area contributed by atoms with Gasteiger partial charge in [0.1, 0.15) is 4.88 Å². The summed E-state index contributed by atoms with van der Waals surface area (Å²) in [6.45, 7) is 7.71. The molecule has 0 saturated heterocycles. The molecule has 6 nitrogen and oxygen atoms in total. The Kier molecular flexibility index (Phi) is 5.13. The van der Waals surface area contributed by atoms with E-state index in [2.05, 4.69) is 15.6 Å². The van der Waals surface area contributed by atoms with Gasteiger partial charge < -0.3 is 9.73 Å². The molecule has 0 unspecified atom stereocenters. The summed E-state index contributed by atoms with van der Waals surface area (Å²) in [4.78, 5) is 30.3. The van der Waals surface area contributed by atoms with E-state index < -0.39 is 5.91 Å². The van der Waals surface area contributed by atoms with Gasteiger partial charge >= 0.3 is 0 Å². The minimum absolute atomic E-state index is 0.218. The lowest BCUT2D eigenvalue weighted by Gasteiger charge is -2.12. The third-order valence-electron chi connectivity index (χ3n) is 4.85. The van der Waals surface area contributed by atoms with Gasteiger partial charge in [-0.2, -0.15) is 0 Å². The third-order valence-corrected chi connectivity index (χ3v) is 5.93. The maximum absolute atomic E-state index is 12.9. The number of fused-ring (bicyclic) bond motifs is 1. The van der Waals surface area contributed by atoms with Crippen LogP contribution in [0.15, 0.2) is 47.1 Å². The molecule has 2 aromatic carbocycles. The van der Waals surface area contributed by atoms with Crippen LogP contribution in [0.25, 0.3) is 10.8 Å². The summed E-state index contributed by atoms with van der Waals surface area (Å²) in [6.07, 6.45) is 1.54. The summed E-state index contributed by atoms with van der Waals surface area (Å²) in [5.74, 6) is -0.429. The maximum atomic E-state index is 12.9. The van der Waals surface area contributed by atoms with Gasteiger partial charge in [0.05, 0.1) is 12.0 Å². The fourth-order valence-corrected chi connectivity index (χ4v) is 4.39. The Balaban J connectivity index is 1.55. The van der Waals surface area contributed by atoms with Crippen LogP contribution in [0, 0.1) is 27.7 Å². The molecule has 2 heterocycles. The number of amides is 2. The molecule has 0 aliphatic heterocycles. The molecule has 0 fully saturated rings. The monoisotopic (exact) mass is 419 g/mol. The van der Waals surface area contributed by atoms with Crippen LogP contribution in [0.4, 0.5) is 10.8 Å². The number of thiazole rings is 1. The van der Waals surface area contributed by atoms with E-state index >= 15 is 0 Å². The second-order valence-corrected chi connectivity index (χ2v) is 8.27. The summed E-state index contributed by atoms with van der Waals surface area (Å²) < 4.78 is 5.43. The lowest BCUT2D eigenvalue weighted by molar-refractivity contribution is 0.0996. The number of carbonyl (C=O) groups is 2. The molecule has 152 valence electrons. The SMILES string of the molecule is Cc1cc(C)c(NC(=O)c2sc(NC(=O)c3occ4ccccc34)nc2C)c(C)c1. The first-order valence-corrected chi connectivity index (χ1v) is 10.3. The number of nitrogens with zero attached hydrogens (tertiary/aromatic N) is 1. The molecule has 0 aliphatic rings. The molecule has 7 heteroatoms. The highest BCUT2D eigenvalue weighted by Crippen LogP contribution is 2.28. The Labute approximate surface area is 177 Å². The van der Waals surface area contributed by atoms with Crippen LogP contribution >= 0.6 is 11.3 Å². The van der Waals surface area contributed by atoms with Gasteiger partial charge in [-0.3, -0.25) is 14.9 Å². The van der Waals surface area contributed by atoms with Crippen LogP contribution in [0.5, 0.6) is 0 Å². The zero-order valence-corrected chi connectivity index (χ0v) is 17.9. The molecule has 30 heavy (non-hydrogen) atoms. The summed E-state index contributed by atoms with van der Waals surface area (Å²) in [7, 11) is 0. The molecule has 0 saturated carbocycles. The first-order valence-electron chi connectivity index (χ1n) is 9.47. The summed E-state index contributed by atoms with van der Waals surface area (Å²) in [6, 6.07) is 11.5. The molecule has 4 aromatic rings. The highest BCUT2D eigenvalue weighted by molar-refractivity contribution is 7.17. The standard InChI is InChI=1S/C23H21N3O3S/c1-12-9-13(2)18(14(3)10-12)25-22(28)20-15(4)24-23(30-20)26-21(27)19-17-8-6-5-7-16(17)11-29-19/h5-11H,1-4H3,(H,25,28)(H,24,26,27). The average molecular weight is 420 g/mol. The van der Waals surface area contributed by atoms with Gasteiger partial charge in [-0.1, -0.05) is 53.3 Å². The molecular weight excluding hydrogens is 398 g/mol. The second kappa shape index (κ2) is 7.76. The number of nitrogens with one attached hydrogen (secondary N) is 2. The quantitative estimate of drug-likeness (QED) is 0.449. The van der Waals surface area contributed by atoms with Gasteiger partial charge in [0, 0.05) is 16.5 Å². The van der Waals surface area contributed by atoms with Crippen molar-refractivity contribution in [2.24, 2.45) is 0 Å². The van der Waals surface area contributed by atoms with E-state index in [4.69, 9.17) is 4.42 Å². The average Bonchev–Trinajstić information content (AvgIpc) is 3.28. The summed E-state index contributed by atoms with van der Waals surface area (Å²) in [5.41, 5.74) is 4.50. The van der Waals surface area contributed by atoms with E-state index in [1.165, 1.54) is 0 Å². The van der Waals surface area contributed by atoms with Crippen LogP contribution < -0.4 is 10.6 Å². The van der Waals surface area contributed by atoms with Crippen molar-refractivity contribution in [1.82, 2.24) is 4.98 Å². The van der Waals surface area contributed by atoms with Crippen molar-refractivity contribution in [2.45, 2.75) is 27.7 Å². The Hall–Kier alpha value is -3.45. The Morgan fingerprint density at radius 1 is 0.967 bits per heavy atom. The highest BCUT2D eigenvalue weighted by atomic mass is 32.1. The Morgan fingerprint density at radius 3 is 2.40 bits per heavy atom. The summed E-state index contributed by atoms with van der Waals surface area (Å²) >= 11 is 1.14. The van der Waals surface area contributed by atoms with Crippen molar-refractivity contribution in [1.29, 1.82) is 0 Å². The molecule has 0 bridgehead atoms. The largest absolute Gasteiger partial charge is 0.458 e. The number of benzene rings is 2. The second-order valence-electron chi connectivity index (χ2n) is 7.27. The number of furan rings is 1. The minimum atomic E-state index is -0.401. The van der Waals surface area contributed by atoms with Crippen molar-refractivity contribution >= 4 is 44.7 Å². The van der Waals surface area contributed by atoms with Crippen molar-refractivity contribution in [3.05, 3.63) is 75.7 Å². The first-order chi connectivity index (χ1) is 14.3. The fourth-order valence-electron chi connectivity index (χ4n) is 3.53. The van der Waals surface area contributed by atoms with E-state index in [1.54, 1.807) is 13.2 Å². The van der Waals surface area contributed by atoms with E-state index in [0.29, 0.717) is 15.7 Å². The number of hydrogen-bond donors (Lipinski definition) is 2. The third kappa shape index (κ3) is 3.71. The van der Waals surface area contributed by atoms with E-state index in [1.807, 2.05) is 57.2 Å². The smallest absolute Gasteiger partial charge is 0.293 e. The number of rotatable bonds is 4. The van der Waals surface area contributed by atoms with Gasteiger partial charge in [0.25, 0.3) is 11.8 Å². The van der Waals surface area contributed by atoms with Crippen LogP contribution in [0.1, 0.15) is 42.6 Å². The van der Waals surface area contributed by atoms with Gasteiger partial charge in [0.15, 0.2) is 10.9 Å². The molecule has 2 aromatic heterocycles. The number of aromatic nitrogens is 1. The molecule has 0 radical (unpaired) electrons. The molecule has 4 rings (SSSR count). The predicted molar refractivity (Wildman–Crippen MR) is 120 cm³/mol. The predicted octanol–water partition coefficient (Wildman–Crippen LogP) is 5.63. The first kappa shape index (κ1) is 19.8. The lowest BCUT2D eigenvalue weighted by Crippen LogP contribution is -2.13.